The predicted molar refractivity (Wildman–Crippen MR) is 63.7 cm³/mol. The molecular weight excluding hydrogens is 256 g/mol. The molecule has 2 aromatic heterocycles. The summed E-state index contributed by atoms with van der Waals surface area (Å²) in [5, 5.41) is 0. The molecule has 3 N–H and O–H groups in total. The average molecular weight is 266 g/mol. The van der Waals surface area contributed by atoms with Crippen molar-refractivity contribution in [3.8, 4) is 11.5 Å². The molecule has 0 amide bonds. The Balaban J connectivity index is 0.00000108. The van der Waals surface area contributed by atoms with E-state index in [0.29, 0.717) is 5.82 Å². The summed E-state index contributed by atoms with van der Waals surface area (Å²) in [6, 6.07) is 13.4. The smallest absolute Gasteiger partial charge is 0.157 e. The van der Waals surface area contributed by atoms with Gasteiger partial charge in [0.25, 0.3) is 0 Å². The maximum absolute atomic E-state index is 5.64. The van der Waals surface area contributed by atoms with Crippen LogP contribution in [0.3, 0.4) is 0 Å². The van der Waals surface area contributed by atoms with Gasteiger partial charge in [0.2, 0.25) is 0 Å². The first-order valence-electron chi connectivity index (χ1n) is 5.00. The maximum Gasteiger partial charge on any atom is 0.157 e. The summed E-state index contributed by atoms with van der Waals surface area (Å²) in [6.07, 6.45) is 0. The molecule has 0 saturated heterocycles. The van der Waals surface area contributed by atoms with E-state index in [9.17, 15) is 0 Å². The molecule has 3 aromatic rings. The standard InChI is InChI=1S/C12H10N4.Fe/c13-11-7-3-6-10(14-11)12-15-8-4-1-2-5-9(8)16-12;/h1-7H,(H2,13,14)(H,15,16);. The summed E-state index contributed by atoms with van der Waals surface area (Å²) in [5.74, 6) is 1.24. The first-order valence-corrected chi connectivity index (χ1v) is 5.00. The van der Waals surface area contributed by atoms with Crippen molar-refractivity contribution in [2.75, 3.05) is 5.73 Å². The molecule has 1 aromatic carbocycles. The molecule has 5 heteroatoms. The molecule has 0 saturated carbocycles. The average Bonchev–Trinajstić information content (AvgIpc) is 2.72. The number of hydrogen-bond acceptors (Lipinski definition) is 3. The number of rotatable bonds is 1. The van der Waals surface area contributed by atoms with Crippen LogP contribution in [-0.2, 0) is 17.1 Å². The number of anilines is 1. The number of nitrogens with zero attached hydrogens (tertiary/aromatic N) is 2. The Morgan fingerprint density at radius 3 is 2.53 bits per heavy atom. The molecule has 0 atom stereocenters. The molecule has 2 heterocycles. The molecule has 0 aliphatic heterocycles. The van der Waals surface area contributed by atoms with Gasteiger partial charge < -0.3 is 10.7 Å². The number of H-pyrrole nitrogens is 1. The van der Waals surface area contributed by atoms with E-state index in [-0.39, 0.29) is 17.1 Å². The van der Waals surface area contributed by atoms with Crippen LogP contribution in [0.5, 0.6) is 0 Å². The summed E-state index contributed by atoms with van der Waals surface area (Å²) < 4.78 is 0. The Morgan fingerprint density at radius 2 is 1.76 bits per heavy atom. The van der Waals surface area contributed by atoms with E-state index in [0.717, 1.165) is 22.6 Å². The number of pyridine rings is 1. The molecule has 0 radical (unpaired) electrons. The zero-order valence-electron chi connectivity index (χ0n) is 8.87. The summed E-state index contributed by atoms with van der Waals surface area (Å²) in [6.45, 7) is 0. The number of aromatic nitrogens is 3. The third-order valence-corrected chi connectivity index (χ3v) is 2.40. The third-order valence-electron chi connectivity index (χ3n) is 2.40. The molecule has 3 rings (SSSR count). The monoisotopic (exact) mass is 266 g/mol. The second kappa shape index (κ2) is 4.57. The molecule has 0 fully saturated rings. The minimum Gasteiger partial charge on any atom is -0.384 e. The number of nitrogens with one attached hydrogen (secondary N) is 1. The van der Waals surface area contributed by atoms with Crippen LogP contribution in [0.4, 0.5) is 5.82 Å². The van der Waals surface area contributed by atoms with Crippen molar-refractivity contribution < 1.29 is 17.1 Å². The summed E-state index contributed by atoms with van der Waals surface area (Å²) in [7, 11) is 0. The molecule has 0 bridgehead atoms. The van der Waals surface area contributed by atoms with Crippen molar-refractivity contribution in [1.29, 1.82) is 0 Å². The van der Waals surface area contributed by atoms with Crippen molar-refractivity contribution in [2.24, 2.45) is 0 Å². The molecular formula is C12H10FeN4. The Labute approximate surface area is 109 Å². The number of nitrogens with two attached hydrogens (primary N) is 1. The number of hydrogen-bond donors (Lipinski definition) is 2. The number of fused-ring (bicyclic) bond motifs is 1. The van der Waals surface area contributed by atoms with Gasteiger partial charge in [-0.05, 0) is 24.3 Å². The first-order chi connectivity index (χ1) is 7.83. The van der Waals surface area contributed by atoms with Gasteiger partial charge in [-0.15, -0.1) is 0 Å². The summed E-state index contributed by atoms with van der Waals surface area (Å²) >= 11 is 0. The Morgan fingerprint density at radius 1 is 0.941 bits per heavy atom. The SMILES string of the molecule is Nc1cccc(-c2nc3ccccc3[nH]2)n1.[Fe]. The number of benzene rings is 1. The van der Waals surface area contributed by atoms with Gasteiger partial charge in [0.15, 0.2) is 5.82 Å². The molecule has 0 aliphatic rings. The van der Waals surface area contributed by atoms with Crippen LogP contribution in [0, 0.1) is 0 Å². The van der Waals surface area contributed by atoms with Gasteiger partial charge in [0, 0.05) is 17.1 Å². The second-order valence-corrected chi connectivity index (χ2v) is 3.55. The van der Waals surface area contributed by atoms with Crippen molar-refractivity contribution in [3.63, 3.8) is 0 Å². The fraction of sp³-hybridized carbons (Fsp3) is 0. The van der Waals surface area contributed by atoms with Gasteiger partial charge in [-0.2, -0.15) is 0 Å². The van der Waals surface area contributed by atoms with E-state index in [1.54, 1.807) is 6.07 Å². The van der Waals surface area contributed by atoms with Gasteiger partial charge in [0.1, 0.15) is 11.5 Å². The molecule has 0 spiro atoms. The summed E-state index contributed by atoms with van der Waals surface area (Å²) in [4.78, 5) is 11.9. The van der Waals surface area contributed by atoms with Crippen LogP contribution in [0.2, 0.25) is 0 Å². The zero-order valence-corrected chi connectivity index (χ0v) is 9.97. The van der Waals surface area contributed by atoms with Crippen LogP contribution in [0.25, 0.3) is 22.6 Å². The van der Waals surface area contributed by atoms with E-state index in [2.05, 4.69) is 15.0 Å². The largest absolute Gasteiger partial charge is 0.384 e. The molecule has 0 unspecified atom stereocenters. The third kappa shape index (κ3) is 2.16. The van der Waals surface area contributed by atoms with Crippen molar-refractivity contribution in [3.05, 3.63) is 42.5 Å². The molecule has 17 heavy (non-hydrogen) atoms. The number of aromatic amines is 1. The fourth-order valence-electron chi connectivity index (χ4n) is 1.66. The second-order valence-electron chi connectivity index (χ2n) is 3.55. The van der Waals surface area contributed by atoms with E-state index in [1.807, 2.05) is 36.4 Å². The normalized spacial score (nSPS) is 10.1. The Hall–Kier alpha value is -1.84. The Kier molecular flexibility index (Phi) is 3.13. The van der Waals surface area contributed by atoms with Crippen LogP contribution in [-0.4, -0.2) is 15.0 Å². The minimum atomic E-state index is 0. The van der Waals surface area contributed by atoms with Crippen LogP contribution < -0.4 is 5.73 Å². The van der Waals surface area contributed by atoms with Gasteiger partial charge in [-0.1, -0.05) is 18.2 Å². The van der Waals surface area contributed by atoms with Crippen molar-refractivity contribution in [2.45, 2.75) is 0 Å². The van der Waals surface area contributed by atoms with E-state index >= 15 is 0 Å². The van der Waals surface area contributed by atoms with Gasteiger partial charge in [-0.25, -0.2) is 9.97 Å². The number of nitrogen functional groups attached to an aromatic ring is 1. The zero-order chi connectivity index (χ0) is 11.0. The van der Waals surface area contributed by atoms with E-state index in [1.165, 1.54) is 0 Å². The van der Waals surface area contributed by atoms with Gasteiger partial charge in [0.05, 0.1) is 11.0 Å². The van der Waals surface area contributed by atoms with Crippen LogP contribution in [0.1, 0.15) is 0 Å². The molecule has 86 valence electrons. The summed E-state index contributed by atoms with van der Waals surface area (Å²) in [5.41, 5.74) is 8.33. The number of imidazole rings is 1. The van der Waals surface area contributed by atoms with Crippen LogP contribution >= 0.6 is 0 Å². The fourth-order valence-corrected chi connectivity index (χ4v) is 1.66. The van der Waals surface area contributed by atoms with Gasteiger partial charge >= 0.3 is 0 Å². The number of para-hydroxylation sites is 2. The van der Waals surface area contributed by atoms with Crippen LogP contribution in [0.15, 0.2) is 42.5 Å². The molecule has 4 nitrogen and oxygen atoms in total. The van der Waals surface area contributed by atoms with E-state index in [4.69, 9.17) is 5.73 Å². The van der Waals surface area contributed by atoms with E-state index < -0.39 is 0 Å². The minimum absolute atomic E-state index is 0. The van der Waals surface area contributed by atoms with Crippen molar-refractivity contribution >= 4 is 16.9 Å². The molecule has 0 aliphatic carbocycles. The predicted octanol–water partition coefficient (Wildman–Crippen LogP) is 2.20. The van der Waals surface area contributed by atoms with Gasteiger partial charge in [-0.3, -0.25) is 0 Å². The van der Waals surface area contributed by atoms with Crippen molar-refractivity contribution in [1.82, 2.24) is 15.0 Å². The topological polar surface area (TPSA) is 67.6 Å². The maximum atomic E-state index is 5.64. The first kappa shape index (κ1) is 11.6. The Bertz CT molecular complexity index is 615. The quantitative estimate of drug-likeness (QED) is 0.663.